The Bertz CT molecular complexity index is 652. The van der Waals surface area contributed by atoms with Crippen LogP contribution in [0.5, 0.6) is 0 Å². The van der Waals surface area contributed by atoms with Crippen molar-refractivity contribution in [1.29, 1.82) is 0 Å². The van der Waals surface area contributed by atoms with E-state index in [1.54, 1.807) is 12.1 Å². The minimum Gasteiger partial charge on any atom is -0.398 e. The zero-order valence-corrected chi connectivity index (χ0v) is 11.9. The average molecular weight is 270 g/mol. The first-order chi connectivity index (χ1) is 9.51. The molecule has 0 aliphatic carbocycles. The fourth-order valence-corrected chi connectivity index (χ4v) is 1.89. The lowest BCUT2D eigenvalue weighted by Gasteiger charge is -2.10. The molecule has 0 fully saturated rings. The molecule has 1 aromatic carbocycles. The Labute approximate surface area is 118 Å². The molecule has 0 saturated heterocycles. The van der Waals surface area contributed by atoms with Gasteiger partial charge >= 0.3 is 0 Å². The van der Waals surface area contributed by atoms with Gasteiger partial charge in [0.1, 0.15) is 0 Å². The van der Waals surface area contributed by atoms with E-state index in [-0.39, 0.29) is 5.91 Å². The summed E-state index contributed by atoms with van der Waals surface area (Å²) in [5, 5.41) is 10.9. The molecule has 0 saturated carbocycles. The first-order valence-electron chi connectivity index (χ1n) is 6.52. The summed E-state index contributed by atoms with van der Waals surface area (Å²) in [4.78, 5) is 12.3. The number of nitrogens with one attached hydrogen (secondary N) is 1. The van der Waals surface area contributed by atoms with Crippen LogP contribution in [0.15, 0.2) is 24.3 Å². The molecule has 1 heterocycles. The molecule has 0 radical (unpaired) electrons. The molecule has 1 amide bonds. The molecular weight excluding hydrogens is 252 g/mol. The van der Waals surface area contributed by atoms with Crippen molar-refractivity contribution in [3.8, 4) is 0 Å². The summed E-state index contributed by atoms with van der Waals surface area (Å²) in [7, 11) is 0. The Kier molecular flexibility index (Phi) is 3.98. The number of nitrogen functional groups attached to an aromatic ring is 1. The van der Waals surface area contributed by atoms with E-state index < -0.39 is 0 Å². The second kappa shape index (κ2) is 5.69. The van der Waals surface area contributed by atoms with E-state index in [1.807, 2.05) is 32.9 Å². The maximum Gasteiger partial charge on any atom is 0.257 e. The molecule has 104 valence electrons. The number of aryl methyl sites for hydroxylation is 3. The standard InChI is InChI=1S/C15H18N4O/c1-4-14-12(7-10(3)18-19-14)15(20)17-11-6-5-9(2)13(16)8-11/h5-8H,4,16H2,1-3H3,(H,17,20). The van der Waals surface area contributed by atoms with Crippen LogP contribution in [0, 0.1) is 13.8 Å². The first-order valence-corrected chi connectivity index (χ1v) is 6.52. The van der Waals surface area contributed by atoms with Crippen molar-refractivity contribution in [1.82, 2.24) is 10.2 Å². The second-order valence-electron chi connectivity index (χ2n) is 4.73. The van der Waals surface area contributed by atoms with Crippen molar-refractivity contribution in [2.24, 2.45) is 0 Å². The van der Waals surface area contributed by atoms with Gasteiger partial charge < -0.3 is 11.1 Å². The number of nitrogens with zero attached hydrogens (tertiary/aromatic N) is 2. The maximum atomic E-state index is 12.3. The highest BCUT2D eigenvalue weighted by molar-refractivity contribution is 6.05. The van der Waals surface area contributed by atoms with E-state index in [0.717, 1.165) is 11.3 Å². The topological polar surface area (TPSA) is 80.9 Å². The van der Waals surface area contributed by atoms with Crippen molar-refractivity contribution < 1.29 is 4.79 Å². The smallest absolute Gasteiger partial charge is 0.257 e. The number of aromatic nitrogens is 2. The van der Waals surface area contributed by atoms with E-state index >= 15 is 0 Å². The quantitative estimate of drug-likeness (QED) is 0.840. The summed E-state index contributed by atoms with van der Waals surface area (Å²) in [6.45, 7) is 5.68. The van der Waals surface area contributed by atoms with Gasteiger partial charge in [-0.05, 0) is 44.0 Å². The Morgan fingerprint density at radius 1 is 1.25 bits per heavy atom. The Morgan fingerprint density at radius 3 is 2.65 bits per heavy atom. The molecule has 0 atom stereocenters. The van der Waals surface area contributed by atoms with Gasteiger partial charge in [0.25, 0.3) is 5.91 Å². The molecular formula is C15H18N4O. The third-order valence-corrected chi connectivity index (χ3v) is 3.11. The number of amides is 1. The molecule has 0 spiro atoms. The maximum absolute atomic E-state index is 12.3. The lowest BCUT2D eigenvalue weighted by molar-refractivity contribution is 0.102. The van der Waals surface area contributed by atoms with Crippen LogP contribution in [0.2, 0.25) is 0 Å². The van der Waals surface area contributed by atoms with Crippen LogP contribution in [0.3, 0.4) is 0 Å². The Balaban J connectivity index is 2.27. The van der Waals surface area contributed by atoms with Gasteiger partial charge in [0.2, 0.25) is 0 Å². The molecule has 5 nitrogen and oxygen atoms in total. The molecule has 1 aromatic heterocycles. The van der Waals surface area contributed by atoms with Crippen LogP contribution in [0.25, 0.3) is 0 Å². The molecule has 0 aliphatic heterocycles. The number of nitrogens with two attached hydrogens (primary N) is 1. The SMILES string of the molecule is CCc1nnc(C)cc1C(=O)Nc1ccc(C)c(N)c1. The number of hydrogen-bond acceptors (Lipinski definition) is 4. The van der Waals surface area contributed by atoms with E-state index in [0.29, 0.717) is 29.1 Å². The highest BCUT2D eigenvalue weighted by Gasteiger charge is 2.13. The predicted octanol–water partition coefficient (Wildman–Crippen LogP) is 2.49. The molecule has 20 heavy (non-hydrogen) atoms. The first kappa shape index (κ1) is 14.0. The normalized spacial score (nSPS) is 10.3. The third-order valence-electron chi connectivity index (χ3n) is 3.11. The third kappa shape index (κ3) is 2.93. The van der Waals surface area contributed by atoms with Crippen molar-refractivity contribution in [2.45, 2.75) is 27.2 Å². The number of hydrogen-bond donors (Lipinski definition) is 2. The van der Waals surface area contributed by atoms with E-state index in [9.17, 15) is 4.79 Å². The Hall–Kier alpha value is -2.43. The zero-order valence-electron chi connectivity index (χ0n) is 11.9. The summed E-state index contributed by atoms with van der Waals surface area (Å²) in [6, 6.07) is 7.21. The van der Waals surface area contributed by atoms with Gasteiger partial charge in [0.15, 0.2) is 0 Å². The molecule has 2 rings (SSSR count). The van der Waals surface area contributed by atoms with Gasteiger partial charge in [0.05, 0.1) is 17.0 Å². The van der Waals surface area contributed by atoms with Crippen LogP contribution in [0.1, 0.15) is 34.2 Å². The number of carbonyl (C=O) groups is 1. The van der Waals surface area contributed by atoms with Gasteiger partial charge in [-0.15, -0.1) is 0 Å². The molecule has 0 bridgehead atoms. The van der Waals surface area contributed by atoms with E-state index in [4.69, 9.17) is 5.73 Å². The fourth-order valence-electron chi connectivity index (χ4n) is 1.89. The van der Waals surface area contributed by atoms with E-state index in [1.165, 1.54) is 0 Å². The molecule has 0 aliphatic rings. The number of carbonyl (C=O) groups excluding carboxylic acids is 1. The minimum absolute atomic E-state index is 0.192. The van der Waals surface area contributed by atoms with Crippen molar-refractivity contribution >= 4 is 17.3 Å². The predicted molar refractivity (Wildman–Crippen MR) is 79.7 cm³/mol. The average Bonchev–Trinajstić information content (AvgIpc) is 2.43. The summed E-state index contributed by atoms with van der Waals surface area (Å²) >= 11 is 0. The highest BCUT2D eigenvalue weighted by Crippen LogP contribution is 2.18. The van der Waals surface area contributed by atoms with Gasteiger partial charge in [0, 0.05) is 11.4 Å². The van der Waals surface area contributed by atoms with Crippen molar-refractivity contribution in [3.05, 3.63) is 46.8 Å². The fraction of sp³-hybridized carbons (Fsp3) is 0.267. The van der Waals surface area contributed by atoms with Crippen LogP contribution < -0.4 is 11.1 Å². The van der Waals surface area contributed by atoms with Crippen molar-refractivity contribution in [3.63, 3.8) is 0 Å². The van der Waals surface area contributed by atoms with Gasteiger partial charge in [-0.25, -0.2) is 0 Å². The lowest BCUT2D eigenvalue weighted by atomic mass is 10.1. The Morgan fingerprint density at radius 2 is 2.00 bits per heavy atom. The number of benzene rings is 1. The summed E-state index contributed by atoms with van der Waals surface area (Å²) < 4.78 is 0. The van der Waals surface area contributed by atoms with Crippen LogP contribution in [-0.4, -0.2) is 16.1 Å². The van der Waals surface area contributed by atoms with E-state index in [2.05, 4.69) is 15.5 Å². The monoisotopic (exact) mass is 270 g/mol. The molecule has 3 N–H and O–H groups in total. The molecule has 2 aromatic rings. The number of anilines is 2. The molecule has 0 unspecified atom stereocenters. The van der Waals surface area contributed by atoms with Crippen LogP contribution >= 0.6 is 0 Å². The second-order valence-corrected chi connectivity index (χ2v) is 4.73. The number of rotatable bonds is 3. The highest BCUT2D eigenvalue weighted by atomic mass is 16.1. The summed E-state index contributed by atoms with van der Waals surface area (Å²) in [6.07, 6.45) is 0.659. The molecule has 5 heteroatoms. The van der Waals surface area contributed by atoms with Gasteiger partial charge in [-0.3, -0.25) is 4.79 Å². The van der Waals surface area contributed by atoms with Crippen LogP contribution in [0.4, 0.5) is 11.4 Å². The lowest BCUT2D eigenvalue weighted by Crippen LogP contribution is -2.16. The summed E-state index contributed by atoms with van der Waals surface area (Å²) in [5.41, 5.74) is 10.1. The minimum atomic E-state index is -0.192. The van der Waals surface area contributed by atoms with Gasteiger partial charge in [-0.2, -0.15) is 10.2 Å². The summed E-state index contributed by atoms with van der Waals surface area (Å²) in [5.74, 6) is -0.192. The zero-order chi connectivity index (χ0) is 14.7. The van der Waals surface area contributed by atoms with Gasteiger partial charge in [-0.1, -0.05) is 13.0 Å². The van der Waals surface area contributed by atoms with Crippen molar-refractivity contribution in [2.75, 3.05) is 11.1 Å². The largest absolute Gasteiger partial charge is 0.398 e. The van der Waals surface area contributed by atoms with Crippen LogP contribution in [-0.2, 0) is 6.42 Å².